The Morgan fingerprint density at radius 2 is 1.73 bits per heavy atom. The molecule has 0 atom stereocenters. The van der Waals surface area contributed by atoms with Crippen molar-refractivity contribution in [3.63, 3.8) is 0 Å². The monoisotopic (exact) mass is 401 g/mol. The second-order valence-electron chi connectivity index (χ2n) is 7.26. The van der Waals surface area contributed by atoms with Gasteiger partial charge in [0, 0.05) is 18.8 Å². The Bertz CT molecular complexity index is 755. The first-order valence-electron chi connectivity index (χ1n) is 9.04. The Morgan fingerprint density at radius 1 is 1.12 bits per heavy atom. The number of amides is 1. The molecule has 0 radical (unpaired) electrons. The van der Waals surface area contributed by atoms with Crippen LogP contribution in [0.25, 0.3) is 0 Å². The summed E-state index contributed by atoms with van der Waals surface area (Å²) in [5, 5.41) is 2.82. The number of sulfonamides is 1. The fraction of sp³-hybridized carbons (Fsp3) is 0.611. The van der Waals surface area contributed by atoms with Crippen LogP contribution in [0.15, 0.2) is 23.1 Å². The Hall–Kier alpha value is -1.15. The summed E-state index contributed by atoms with van der Waals surface area (Å²) in [4.78, 5) is 12.8. The molecule has 0 spiro atoms. The minimum Gasteiger partial charge on any atom is -0.324 e. The smallest absolute Gasteiger partial charge is 0.244 e. The van der Waals surface area contributed by atoms with E-state index in [1.54, 1.807) is 29.4 Å². The molecule has 0 unspecified atom stereocenters. The van der Waals surface area contributed by atoms with Gasteiger partial charge in [0.2, 0.25) is 15.9 Å². The minimum absolute atomic E-state index is 0. The van der Waals surface area contributed by atoms with Gasteiger partial charge >= 0.3 is 0 Å². The standard InChI is InChI=1S/C18H27N3O3S.ClH/c1-14-7-8-15(20-17(22)18(19)9-3-4-10-18)13-16(14)25(23,24)21-11-5-2-6-12-21;/h7-8,13H,2-6,9-12,19H2,1H3,(H,20,22);1H. The molecule has 26 heavy (non-hydrogen) atoms. The molecule has 0 bridgehead atoms. The molecule has 1 aromatic rings. The van der Waals surface area contributed by atoms with E-state index in [1.165, 1.54) is 0 Å². The lowest BCUT2D eigenvalue weighted by molar-refractivity contribution is -0.121. The molecule has 3 rings (SSSR count). The zero-order chi connectivity index (χ0) is 18.1. The van der Waals surface area contributed by atoms with E-state index >= 15 is 0 Å². The first kappa shape index (κ1) is 21.2. The van der Waals surface area contributed by atoms with Gasteiger partial charge in [-0.05, 0) is 50.3 Å². The highest BCUT2D eigenvalue weighted by Crippen LogP contribution is 2.30. The Labute approximate surface area is 162 Å². The first-order valence-corrected chi connectivity index (χ1v) is 10.5. The number of rotatable bonds is 4. The third-order valence-electron chi connectivity index (χ3n) is 5.33. The normalized spacial score (nSPS) is 20.4. The van der Waals surface area contributed by atoms with Crippen molar-refractivity contribution in [1.82, 2.24) is 4.31 Å². The number of carbonyl (C=O) groups is 1. The summed E-state index contributed by atoms with van der Waals surface area (Å²) in [5.74, 6) is -0.227. The third-order valence-corrected chi connectivity index (χ3v) is 7.37. The molecule has 1 heterocycles. The van der Waals surface area contributed by atoms with Crippen LogP contribution in [0.1, 0.15) is 50.5 Å². The Balaban J connectivity index is 0.00000243. The van der Waals surface area contributed by atoms with Crippen LogP contribution >= 0.6 is 12.4 Å². The SMILES string of the molecule is Cc1ccc(NC(=O)C2(N)CCCC2)cc1S(=O)(=O)N1CCCCC1.Cl. The molecule has 1 aliphatic heterocycles. The van der Waals surface area contributed by atoms with Crippen molar-refractivity contribution in [3.8, 4) is 0 Å². The fourth-order valence-corrected chi connectivity index (χ4v) is 5.46. The summed E-state index contributed by atoms with van der Waals surface area (Å²) >= 11 is 0. The van der Waals surface area contributed by atoms with E-state index in [4.69, 9.17) is 5.73 Å². The molecule has 2 aliphatic rings. The number of hydrogen-bond donors (Lipinski definition) is 2. The Morgan fingerprint density at radius 3 is 2.35 bits per heavy atom. The van der Waals surface area contributed by atoms with Crippen LogP contribution in [-0.4, -0.2) is 37.3 Å². The third kappa shape index (κ3) is 4.22. The topological polar surface area (TPSA) is 92.5 Å². The van der Waals surface area contributed by atoms with Gasteiger partial charge in [-0.25, -0.2) is 8.42 Å². The minimum atomic E-state index is -3.53. The van der Waals surface area contributed by atoms with Gasteiger partial charge in [0.1, 0.15) is 0 Å². The van der Waals surface area contributed by atoms with Crippen LogP contribution in [0.2, 0.25) is 0 Å². The maximum atomic E-state index is 13.0. The molecule has 8 heteroatoms. The van der Waals surface area contributed by atoms with E-state index in [-0.39, 0.29) is 23.2 Å². The van der Waals surface area contributed by atoms with Gasteiger partial charge < -0.3 is 11.1 Å². The maximum absolute atomic E-state index is 13.0. The molecule has 1 saturated carbocycles. The van der Waals surface area contributed by atoms with Crippen molar-refractivity contribution in [2.24, 2.45) is 5.73 Å². The van der Waals surface area contributed by atoms with E-state index in [1.807, 2.05) is 0 Å². The van der Waals surface area contributed by atoms with Crippen molar-refractivity contribution in [1.29, 1.82) is 0 Å². The van der Waals surface area contributed by atoms with Crippen molar-refractivity contribution in [3.05, 3.63) is 23.8 Å². The van der Waals surface area contributed by atoms with Gasteiger partial charge in [-0.15, -0.1) is 12.4 Å². The number of nitrogens with zero attached hydrogens (tertiary/aromatic N) is 1. The molecule has 0 aromatic heterocycles. The molecule has 1 saturated heterocycles. The van der Waals surface area contributed by atoms with E-state index in [0.717, 1.165) is 32.1 Å². The van der Waals surface area contributed by atoms with Crippen LogP contribution in [0.3, 0.4) is 0 Å². The molecular weight excluding hydrogens is 374 g/mol. The summed E-state index contributed by atoms with van der Waals surface area (Å²) in [6.07, 6.45) is 6.10. The molecule has 1 amide bonds. The van der Waals surface area contributed by atoms with E-state index in [0.29, 0.717) is 37.2 Å². The first-order chi connectivity index (χ1) is 11.8. The zero-order valence-corrected chi connectivity index (χ0v) is 16.8. The van der Waals surface area contributed by atoms with Crippen molar-refractivity contribution < 1.29 is 13.2 Å². The quantitative estimate of drug-likeness (QED) is 0.811. The number of nitrogens with two attached hydrogens (primary N) is 1. The lowest BCUT2D eigenvalue weighted by Gasteiger charge is -2.27. The van der Waals surface area contributed by atoms with Crippen LogP contribution in [0.5, 0.6) is 0 Å². The number of carbonyl (C=O) groups excluding carboxylic acids is 1. The number of halogens is 1. The number of hydrogen-bond acceptors (Lipinski definition) is 4. The predicted octanol–water partition coefficient (Wildman–Crippen LogP) is 2.80. The van der Waals surface area contributed by atoms with Crippen LogP contribution in [0, 0.1) is 6.92 Å². The summed E-state index contributed by atoms with van der Waals surface area (Å²) in [6, 6.07) is 5.04. The summed E-state index contributed by atoms with van der Waals surface area (Å²) in [6.45, 7) is 2.90. The molecule has 3 N–H and O–H groups in total. The van der Waals surface area contributed by atoms with E-state index < -0.39 is 15.6 Å². The van der Waals surface area contributed by atoms with Gasteiger partial charge in [-0.2, -0.15) is 4.31 Å². The number of aryl methyl sites for hydroxylation is 1. The molecule has 6 nitrogen and oxygen atoms in total. The number of benzene rings is 1. The van der Waals surface area contributed by atoms with Crippen LogP contribution < -0.4 is 11.1 Å². The van der Waals surface area contributed by atoms with Crippen LogP contribution in [-0.2, 0) is 14.8 Å². The van der Waals surface area contributed by atoms with Gasteiger partial charge in [0.05, 0.1) is 10.4 Å². The second-order valence-corrected chi connectivity index (χ2v) is 9.17. The number of piperidine rings is 1. The van der Waals surface area contributed by atoms with Gasteiger partial charge in [-0.3, -0.25) is 4.79 Å². The summed E-state index contributed by atoms with van der Waals surface area (Å²) < 4.78 is 27.5. The van der Waals surface area contributed by atoms with Crippen LogP contribution in [0.4, 0.5) is 5.69 Å². The summed E-state index contributed by atoms with van der Waals surface area (Å²) in [7, 11) is -3.53. The van der Waals surface area contributed by atoms with Crippen molar-refractivity contribution >= 4 is 34.0 Å². The lowest BCUT2D eigenvalue weighted by Crippen LogP contribution is -2.48. The van der Waals surface area contributed by atoms with Crippen molar-refractivity contribution in [2.75, 3.05) is 18.4 Å². The van der Waals surface area contributed by atoms with Gasteiger partial charge in [0.25, 0.3) is 0 Å². The molecule has 2 fully saturated rings. The number of nitrogens with one attached hydrogen (secondary N) is 1. The zero-order valence-electron chi connectivity index (χ0n) is 15.2. The molecule has 1 aliphatic carbocycles. The largest absolute Gasteiger partial charge is 0.324 e. The second kappa shape index (κ2) is 8.25. The number of anilines is 1. The highest BCUT2D eigenvalue weighted by molar-refractivity contribution is 7.89. The summed E-state index contributed by atoms with van der Waals surface area (Å²) in [5.41, 5.74) is 6.52. The highest BCUT2D eigenvalue weighted by atomic mass is 35.5. The fourth-order valence-electron chi connectivity index (χ4n) is 3.69. The lowest BCUT2D eigenvalue weighted by atomic mass is 9.98. The average Bonchev–Trinajstić information content (AvgIpc) is 3.05. The molecular formula is C18H28ClN3O3S. The van der Waals surface area contributed by atoms with Crippen molar-refractivity contribution in [2.45, 2.75) is 62.3 Å². The average molecular weight is 402 g/mol. The Kier molecular flexibility index (Phi) is 6.71. The van der Waals surface area contributed by atoms with Gasteiger partial charge in [-0.1, -0.05) is 25.3 Å². The highest BCUT2D eigenvalue weighted by Gasteiger charge is 2.37. The van der Waals surface area contributed by atoms with E-state index in [2.05, 4.69) is 5.32 Å². The molecule has 1 aromatic carbocycles. The van der Waals surface area contributed by atoms with E-state index in [9.17, 15) is 13.2 Å². The van der Waals surface area contributed by atoms with Gasteiger partial charge in [0.15, 0.2) is 0 Å². The predicted molar refractivity (Wildman–Crippen MR) is 105 cm³/mol. The maximum Gasteiger partial charge on any atom is 0.244 e. The molecule has 146 valence electrons.